The molecule has 0 aliphatic carbocycles. The number of aromatic nitrogens is 3. The first-order valence-electron chi connectivity index (χ1n) is 11.6. The molecule has 0 bridgehead atoms. The fourth-order valence-electron chi connectivity index (χ4n) is 4.78. The highest BCUT2D eigenvalue weighted by molar-refractivity contribution is 6.06. The van der Waals surface area contributed by atoms with Crippen LogP contribution in [0.15, 0.2) is 60.8 Å². The van der Waals surface area contributed by atoms with Gasteiger partial charge in [0.25, 0.3) is 5.91 Å². The lowest BCUT2D eigenvalue weighted by Crippen LogP contribution is -2.30. The van der Waals surface area contributed by atoms with Gasteiger partial charge in [-0.05, 0) is 43.5 Å². The zero-order valence-corrected chi connectivity index (χ0v) is 19.7. The Balaban J connectivity index is 1.58. The smallest absolute Gasteiger partial charge is 0.255 e. The van der Waals surface area contributed by atoms with Gasteiger partial charge < -0.3 is 14.4 Å². The van der Waals surface area contributed by atoms with Crippen molar-refractivity contribution in [1.29, 1.82) is 0 Å². The minimum atomic E-state index is -0.0306. The first-order chi connectivity index (χ1) is 16.6. The summed E-state index contributed by atoms with van der Waals surface area (Å²) in [5.74, 6) is 1.34. The van der Waals surface area contributed by atoms with Crippen LogP contribution in [-0.2, 0) is 6.54 Å². The van der Waals surface area contributed by atoms with Crippen LogP contribution < -0.4 is 9.47 Å². The Bertz CT molecular complexity index is 1330. The molecule has 3 heterocycles. The molecule has 7 nitrogen and oxygen atoms in total. The molecule has 5 rings (SSSR count). The number of hydrogen-bond acceptors (Lipinski definition) is 5. The van der Waals surface area contributed by atoms with Gasteiger partial charge in [0.15, 0.2) is 17.1 Å². The van der Waals surface area contributed by atoms with E-state index in [1.54, 1.807) is 20.4 Å². The van der Waals surface area contributed by atoms with Crippen LogP contribution in [0.25, 0.3) is 22.3 Å². The van der Waals surface area contributed by atoms with Crippen LogP contribution in [0.3, 0.4) is 0 Å². The molecule has 0 N–H and O–H groups in total. The number of carbonyl (C=O) groups is 1. The minimum absolute atomic E-state index is 0.00230. The highest BCUT2D eigenvalue weighted by Gasteiger charge is 2.32. The zero-order chi connectivity index (χ0) is 23.7. The molecule has 1 atom stereocenters. The molecular formula is C27H28N4O3. The van der Waals surface area contributed by atoms with Crippen molar-refractivity contribution in [2.75, 3.05) is 20.8 Å². The third kappa shape index (κ3) is 3.77. The lowest BCUT2D eigenvalue weighted by molar-refractivity contribution is 0.0737. The Kier molecular flexibility index (Phi) is 5.92. The number of amides is 1. The fourth-order valence-corrected chi connectivity index (χ4v) is 4.78. The quantitative estimate of drug-likeness (QED) is 0.403. The van der Waals surface area contributed by atoms with E-state index < -0.39 is 0 Å². The van der Waals surface area contributed by atoms with Gasteiger partial charge in [-0.1, -0.05) is 36.4 Å². The SMILES string of the molecule is CCn1ncc2c(C(=O)N3CCCC3c3ccc(OC)c(OC)c3)cc(-c3ccccc3)nc21. The van der Waals surface area contributed by atoms with Crippen LogP contribution in [0.4, 0.5) is 0 Å². The Hall–Kier alpha value is -3.87. The van der Waals surface area contributed by atoms with E-state index in [2.05, 4.69) is 5.10 Å². The average molecular weight is 457 g/mol. The molecule has 0 saturated carbocycles. The normalized spacial score (nSPS) is 15.6. The zero-order valence-electron chi connectivity index (χ0n) is 19.7. The summed E-state index contributed by atoms with van der Waals surface area (Å²) >= 11 is 0. The van der Waals surface area contributed by atoms with E-state index in [1.807, 2.05) is 71.1 Å². The van der Waals surface area contributed by atoms with Crippen LogP contribution in [0.2, 0.25) is 0 Å². The van der Waals surface area contributed by atoms with E-state index in [-0.39, 0.29) is 11.9 Å². The standard InChI is InChI=1S/C27H28N4O3/c1-4-31-26-21(17-28-31)20(16-22(29-26)18-9-6-5-7-10-18)27(32)30-14-8-11-23(30)19-12-13-24(33-2)25(15-19)34-3/h5-7,9-10,12-13,15-17,23H,4,8,11,14H2,1-3H3. The van der Waals surface area contributed by atoms with Crippen molar-refractivity contribution in [3.8, 4) is 22.8 Å². The van der Waals surface area contributed by atoms with Gasteiger partial charge in [-0.15, -0.1) is 0 Å². The summed E-state index contributed by atoms with van der Waals surface area (Å²) in [6.07, 6.45) is 3.60. The Morgan fingerprint density at radius 3 is 2.59 bits per heavy atom. The van der Waals surface area contributed by atoms with E-state index >= 15 is 0 Å². The Labute approximate surface area is 198 Å². The molecule has 0 radical (unpaired) electrons. The number of ether oxygens (including phenoxy) is 2. The predicted molar refractivity (Wildman–Crippen MR) is 131 cm³/mol. The maximum atomic E-state index is 14.0. The lowest BCUT2D eigenvalue weighted by Gasteiger charge is -2.26. The van der Waals surface area contributed by atoms with E-state index in [9.17, 15) is 4.79 Å². The molecular weight excluding hydrogens is 428 g/mol. The van der Waals surface area contributed by atoms with Gasteiger partial charge in [0.2, 0.25) is 0 Å². The van der Waals surface area contributed by atoms with Crippen molar-refractivity contribution in [2.45, 2.75) is 32.4 Å². The van der Waals surface area contributed by atoms with Crippen LogP contribution in [-0.4, -0.2) is 46.3 Å². The van der Waals surface area contributed by atoms with Crippen LogP contribution in [0, 0.1) is 0 Å². The first-order valence-corrected chi connectivity index (χ1v) is 11.6. The number of fused-ring (bicyclic) bond motifs is 1. The van der Waals surface area contributed by atoms with Crippen molar-refractivity contribution in [3.63, 3.8) is 0 Å². The van der Waals surface area contributed by atoms with Crippen molar-refractivity contribution < 1.29 is 14.3 Å². The van der Waals surface area contributed by atoms with Gasteiger partial charge >= 0.3 is 0 Å². The number of aryl methyl sites for hydroxylation is 1. The largest absolute Gasteiger partial charge is 0.493 e. The molecule has 4 aromatic rings. The fraction of sp³-hybridized carbons (Fsp3) is 0.296. The van der Waals surface area contributed by atoms with Gasteiger partial charge in [-0.3, -0.25) is 4.79 Å². The molecule has 2 aromatic carbocycles. The van der Waals surface area contributed by atoms with Gasteiger partial charge in [0, 0.05) is 18.7 Å². The Morgan fingerprint density at radius 2 is 1.85 bits per heavy atom. The second-order valence-electron chi connectivity index (χ2n) is 8.39. The summed E-state index contributed by atoms with van der Waals surface area (Å²) in [5.41, 5.74) is 4.15. The summed E-state index contributed by atoms with van der Waals surface area (Å²) in [5, 5.41) is 5.27. The molecule has 1 unspecified atom stereocenters. The maximum Gasteiger partial charge on any atom is 0.255 e. The monoisotopic (exact) mass is 456 g/mol. The van der Waals surface area contributed by atoms with Gasteiger partial charge in [-0.25, -0.2) is 9.67 Å². The highest BCUT2D eigenvalue weighted by atomic mass is 16.5. The van der Waals surface area contributed by atoms with Crippen LogP contribution in [0.5, 0.6) is 11.5 Å². The van der Waals surface area contributed by atoms with Crippen molar-refractivity contribution in [3.05, 3.63) is 71.9 Å². The highest BCUT2D eigenvalue weighted by Crippen LogP contribution is 2.38. The number of carbonyl (C=O) groups excluding carboxylic acids is 1. The third-order valence-corrected chi connectivity index (χ3v) is 6.51. The minimum Gasteiger partial charge on any atom is -0.493 e. The predicted octanol–water partition coefficient (Wildman–Crippen LogP) is 5.11. The van der Waals surface area contributed by atoms with Crippen LogP contribution in [0.1, 0.15) is 41.7 Å². The van der Waals surface area contributed by atoms with E-state index in [0.29, 0.717) is 30.2 Å². The van der Waals surface area contributed by atoms with E-state index in [4.69, 9.17) is 14.5 Å². The number of pyridine rings is 1. The van der Waals surface area contributed by atoms with E-state index in [0.717, 1.165) is 40.7 Å². The van der Waals surface area contributed by atoms with Crippen molar-refractivity contribution in [2.24, 2.45) is 0 Å². The second kappa shape index (κ2) is 9.17. The molecule has 174 valence electrons. The topological polar surface area (TPSA) is 69.5 Å². The maximum absolute atomic E-state index is 14.0. The number of hydrogen-bond donors (Lipinski definition) is 0. The van der Waals surface area contributed by atoms with Gasteiger partial charge in [-0.2, -0.15) is 5.10 Å². The summed E-state index contributed by atoms with van der Waals surface area (Å²) in [7, 11) is 3.25. The molecule has 1 fully saturated rings. The van der Waals surface area contributed by atoms with Crippen molar-refractivity contribution in [1.82, 2.24) is 19.7 Å². The lowest BCUT2D eigenvalue weighted by atomic mass is 10.0. The Morgan fingerprint density at radius 1 is 1.06 bits per heavy atom. The van der Waals surface area contributed by atoms with E-state index in [1.165, 1.54) is 0 Å². The molecule has 1 amide bonds. The average Bonchev–Trinajstić information content (AvgIpc) is 3.55. The second-order valence-corrected chi connectivity index (χ2v) is 8.39. The summed E-state index contributed by atoms with van der Waals surface area (Å²) in [4.78, 5) is 20.8. The molecule has 0 spiro atoms. The number of methoxy groups -OCH3 is 2. The summed E-state index contributed by atoms with van der Waals surface area (Å²) in [6, 6.07) is 17.7. The number of nitrogens with zero attached hydrogens (tertiary/aromatic N) is 4. The number of rotatable bonds is 6. The molecule has 1 aliphatic rings. The third-order valence-electron chi connectivity index (χ3n) is 6.51. The molecule has 34 heavy (non-hydrogen) atoms. The van der Waals surface area contributed by atoms with Crippen LogP contribution >= 0.6 is 0 Å². The van der Waals surface area contributed by atoms with Gasteiger partial charge in [0.05, 0.1) is 43.1 Å². The molecule has 1 aliphatic heterocycles. The number of likely N-dealkylation sites (tertiary alicyclic amines) is 1. The molecule has 2 aromatic heterocycles. The van der Waals surface area contributed by atoms with Crippen molar-refractivity contribution >= 4 is 16.9 Å². The molecule has 1 saturated heterocycles. The summed E-state index contributed by atoms with van der Waals surface area (Å²) < 4.78 is 12.7. The first kappa shape index (κ1) is 21.9. The summed E-state index contributed by atoms with van der Waals surface area (Å²) in [6.45, 7) is 3.41. The number of benzene rings is 2. The molecule has 7 heteroatoms. The van der Waals surface area contributed by atoms with Gasteiger partial charge in [0.1, 0.15) is 0 Å².